The van der Waals surface area contributed by atoms with E-state index < -0.39 is 11.9 Å². The van der Waals surface area contributed by atoms with Crippen molar-refractivity contribution >= 4 is 11.8 Å². The van der Waals surface area contributed by atoms with Crippen molar-refractivity contribution in [3.05, 3.63) is 72.2 Å². The van der Waals surface area contributed by atoms with Gasteiger partial charge in [-0.2, -0.15) is 4.80 Å². The maximum Gasteiger partial charge on any atom is 0.250 e. The molecule has 4 aromatic rings. The molecule has 226 valence electrons. The molecule has 1 aliphatic rings. The van der Waals surface area contributed by atoms with Crippen molar-refractivity contribution in [2.24, 2.45) is 0 Å². The molecule has 2 aromatic heterocycles. The normalized spacial score (nSPS) is 15.1. The fourth-order valence-corrected chi connectivity index (χ4v) is 4.85. The van der Waals surface area contributed by atoms with E-state index in [1.54, 1.807) is 56.7 Å². The predicted molar refractivity (Wildman–Crippen MR) is 153 cm³/mol. The molecule has 1 fully saturated rings. The van der Waals surface area contributed by atoms with Crippen LogP contribution in [-0.2, 0) is 27.4 Å². The zero-order valence-corrected chi connectivity index (χ0v) is 24.3. The summed E-state index contributed by atoms with van der Waals surface area (Å²) in [7, 11) is 4.67. The van der Waals surface area contributed by atoms with E-state index in [-0.39, 0.29) is 25.1 Å². The molecule has 2 aromatic carbocycles. The van der Waals surface area contributed by atoms with E-state index in [4.69, 9.17) is 23.4 Å². The van der Waals surface area contributed by atoms with Crippen molar-refractivity contribution in [3.8, 4) is 28.6 Å². The second-order valence-corrected chi connectivity index (χ2v) is 9.88. The van der Waals surface area contributed by atoms with E-state index in [1.807, 2.05) is 12.1 Å². The van der Waals surface area contributed by atoms with Gasteiger partial charge in [-0.05, 0) is 66.1 Å². The molecule has 13 heteroatoms. The molecule has 0 unspecified atom stereocenters. The highest BCUT2D eigenvalue weighted by atomic mass is 16.5. The Kier molecular flexibility index (Phi) is 9.52. The first kappa shape index (κ1) is 29.6. The number of hydrogen-bond acceptors (Lipinski definition) is 10. The lowest BCUT2D eigenvalue weighted by molar-refractivity contribution is -0.143. The third-order valence-electron chi connectivity index (χ3n) is 7.10. The maximum atomic E-state index is 14.0. The lowest BCUT2D eigenvalue weighted by Crippen LogP contribution is -2.46. The Morgan fingerprint density at radius 2 is 1.88 bits per heavy atom. The van der Waals surface area contributed by atoms with Crippen molar-refractivity contribution in [2.75, 3.05) is 34.5 Å². The molecule has 3 heterocycles. The Labute approximate surface area is 248 Å². The van der Waals surface area contributed by atoms with Gasteiger partial charge in [0.15, 0.2) is 17.5 Å². The number of rotatable bonds is 13. The molecule has 1 saturated heterocycles. The van der Waals surface area contributed by atoms with Crippen LogP contribution in [0.2, 0.25) is 0 Å². The van der Waals surface area contributed by atoms with Gasteiger partial charge >= 0.3 is 0 Å². The molecule has 0 aliphatic carbocycles. The van der Waals surface area contributed by atoms with Gasteiger partial charge in [-0.15, -0.1) is 10.2 Å². The number of carbonyl (C=O) groups is 2. The highest BCUT2D eigenvalue weighted by molar-refractivity contribution is 5.88. The quantitative estimate of drug-likeness (QED) is 0.247. The van der Waals surface area contributed by atoms with E-state index in [9.17, 15) is 9.59 Å². The van der Waals surface area contributed by atoms with Gasteiger partial charge in [0, 0.05) is 25.3 Å². The average Bonchev–Trinajstić information content (AvgIpc) is 3.84. The third-order valence-corrected chi connectivity index (χ3v) is 7.10. The van der Waals surface area contributed by atoms with E-state index in [0.29, 0.717) is 47.5 Å². The van der Waals surface area contributed by atoms with Crippen LogP contribution in [0.15, 0.2) is 65.3 Å². The first-order valence-corrected chi connectivity index (χ1v) is 13.8. The molecule has 2 atom stereocenters. The van der Waals surface area contributed by atoms with Gasteiger partial charge in [-0.3, -0.25) is 9.59 Å². The molecule has 5 rings (SSSR count). The number of nitrogens with zero attached hydrogens (tertiary/aromatic N) is 5. The minimum absolute atomic E-state index is 0.0683. The summed E-state index contributed by atoms with van der Waals surface area (Å²) < 4.78 is 27.3. The maximum absolute atomic E-state index is 14.0. The number of tetrazole rings is 1. The summed E-state index contributed by atoms with van der Waals surface area (Å²) in [5.74, 6) is 1.56. The van der Waals surface area contributed by atoms with E-state index in [2.05, 4.69) is 20.7 Å². The lowest BCUT2D eigenvalue weighted by Gasteiger charge is -2.30. The van der Waals surface area contributed by atoms with Crippen LogP contribution >= 0.6 is 0 Å². The van der Waals surface area contributed by atoms with Gasteiger partial charge in [-0.1, -0.05) is 12.1 Å². The number of nitrogens with one attached hydrogen (secondary N) is 1. The lowest BCUT2D eigenvalue weighted by atomic mass is 10.1. The van der Waals surface area contributed by atoms with Crippen molar-refractivity contribution in [3.63, 3.8) is 0 Å². The van der Waals surface area contributed by atoms with Crippen LogP contribution in [0, 0.1) is 0 Å². The molecule has 2 amide bonds. The van der Waals surface area contributed by atoms with Crippen LogP contribution in [0.4, 0.5) is 0 Å². The monoisotopic (exact) mass is 590 g/mol. The summed E-state index contributed by atoms with van der Waals surface area (Å²) in [6.07, 6.45) is 3.21. The molecule has 0 saturated carbocycles. The van der Waals surface area contributed by atoms with E-state index in [0.717, 1.165) is 18.4 Å². The molecule has 1 N–H and O–H groups in total. The summed E-state index contributed by atoms with van der Waals surface area (Å²) >= 11 is 0. The van der Waals surface area contributed by atoms with Crippen molar-refractivity contribution in [1.29, 1.82) is 0 Å². The molecule has 0 bridgehead atoms. The Morgan fingerprint density at radius 1 is 1.07 bits per heavy atom. The first-order chi connectivity index (χ1) is 21.0. The molecule has 13 nitrogen and oxygen atoms in total. The highest BCUT2D eigenvalue weighted by Crippen LogP contribution is 2.31. The summed E-state index contributed by atoms with van der Waals surface area (Å²) in [4.78, 5) is 30.3. The number of benzene rings is 2. The zero-order chi connectivity index (χ0) is 30.2. The van der Waals surface area contributed by atoms with Crippen molar-refractivity contribution in [2.45, 2.75) is 38.1 Å². The molecular formula is C30H34N6O7. The van der Waals surface area contributed by atoms with E-state index >= 15 is 0 Å². The van der Waals surface area contributed by atoms with Crippen LogP contribution in [0.5, 0.6) is 17.2 Å². The number of hydrogen-bond donors (Lipinski definition) is 1. The number of amides is 2. The van der Waals surface area contributed by atoms with Crippen molar-refractivity contribution < 1.29 is 33.0 Å². The average molecular weight is 591 g/mol. The van der Waals surface area contributed by atoms with E-state index in [1.165, 1.54) is 23.1 Å². The summed E-state index contributed by atoms with van der Waals surface area (Å²) in [5.41, 5.74) is 1.42. The van der Waals surface area contributed by atoms with Gasteiger partial charge in [0.2, 0.25) is 11.7 Å². The fourth-order valence-electron chi connectivity index (χ4n) is 4.85. The van der Waals surface area contributed by atoms with Crippen LogP contribution in [-0.4, -0.2) is 77.5 Å². The number of aromatic nitrogens is 4. The van der Waals surface area contributed by atoms with Gasteiger partial charge in [0.05, 0.1) is 33.7 Å². The smallest absolute Gasteiger partial charge is 0.250 e. The minimum Gasteiger partial charge on any atom is -0.497 e. The second kappa shape index (κ2) is 13.8. The Hall–Kier alpha value is -4.91. The van der Waals surface area contributed by atoms with Gasteiger partial charge < -0.3 is 33.6 Å². The van der Waals surface area contributed by atoms with Crippen LogP contribution in [0.1, 0.15) is 30.2 Å². The summed E-state index contributed by atoms with van der Waals surface area (Å²) in [6, 6.07) is 14.8. The summed E-state index contributed by atoms with van der Waals surface area (Å²) in [5, 5.41) is 15.6. The minimum atomic E-state index is -1.06. The van der Waals surface area contributed by atoms with Crippen LogP contribution in [0.25, 0.3) is 11.4 Å². The number of furan rings is 1. The highest BCUT2D eigenvalue weighted by Gasteiger charge is 2.34. The van der Waals surface area contributed by atoms with Gasteiger partial charge in [0.25, 0.3) is 5.91 Å². The third kappa shape index (κ3) is 7.12. The SMILES string of the molecule is COc1ccc(CN(C(=O)Cn2nnc(-c3ccc(OC)c(OC)c3)n2)[C@H](C(=O)NC[C@@H]2CCCO2)c2ccco2)cc1. The molecule has 1 aliphatic heterocycles. The molecule has 0 radical (unpaired) electrons. The molecule has 43 heavy (non-hydrogen) atoms. The Morgan fingerprint density at radius 3 is 2.56 bits per heavy atom. The number of methoxy groups -OCH3 is 3. The standard InChI is InChI=1S/C30H34N6O7/c1-39-22-11-8-20(9-12-22)18-35(28(25-7-5-15-43-25)30(38)31-17-23-6-4-14-42-23)27(37)19-36-33-29(32-34-36)21-10-13-24(40-2)26(16-21)41-3/h5,7-13,15-16,23,28H,4,6,14,17-19H2,1-3H3,(H,31,38)/t23-,28-/m0/s1. The Bertz CT molecular complexity index is 1500. The van der Waals surface area contributed by atoms with Crippen LogP contribution in [0.3, 0.4) is 0 Å². The molecular weight excluding hydrogens is 556 g/mol. The zero-order valence-electron chi connectivity index (χ0n) is 24.3. The van der Waals surface area contributed by atoms with Gasteiger partial charge in [0.1, 0.15) is 18.1 Å². The molecule has 0 spiro atoms. The fraction of sp³-hybridized carbons (Fsp3) is 0.367. The first-order valence-electron chi connectivity index (χ1n) is 13.8. The van der Waals surface area contributed by atoms with Crippen LogP contribution < -0.4 is 19.5 Å². The largest absolute Gasteiger partial charge is 0.497 e. The number of carbonyl (C=O) groups excluding carboxylic acids is 2. The Balaban J connectivity index is 1.41. The topological polar surface area (TPSA) is 143 Å². The van der Waals surface area contributed by atoms with Gasteiger partial charge in [-0.25, -0.2) is 0 Å². The van der Waals surface area contributed by atoms with Crippen molar-refractivity contribution in [1.82, 2.24) is 30.4 Å². The number of ether oxygens (including phenoxy) is 4. The summed E-state index contributed by atoms with van der Waals surface area (Å²) in [6.45, 7) is 0.839. The second-order valence-electron chi connectivity index (χ2n) is 9.88. The predicted octanol–water partition coefficient (Wildman–Crippen LogP) is 3.02.